The Hall–Kier alpha value is -3.16. The average Bonchev–Trinajstić information content (AvgIpc) is 2.60. The molecule has 1 aliphatic heterocycles. The molecule has 24 heavy (non-hydrogen) atoms. The van der Waals surface area contributed by atoms with Crippen molar-refractivity contribution in [3.05, 3.63) is 58.3 Å². The van der Waals surface area contributed by atoms with Gasteiger partial charge in [-0.3, -0.25) is 4.79 Å². The van der Waals surface area contributed by atoms with E-state index >= 15 is 0 Å². The summed E-state index contributed by atoms with van der Waals surface area (Å²) in [7, 11) is 0. The third-order valence-electron chi connectivity index (χ3n) is 3.58. The highest BCUT2D eigenvalue weighted by Gasteiger charge is 2.23. The first-order valence-electron chi connectivity index (χ1n) is 7.38. The van der Waals surface area contributed by atoms with Gasteiger partial charge in [-0.15, -0.1) is 0 Å². The summed E-state index contributed by atoms with van der Waals surface area (Å²) >= 11 is 0. The van der Waals surface area contributed by atoms with E-state index in [-0.39, 0.29) is 24.3 Å². The number of para-hydroxylation sites is 1. The third-order valence-corrected chi connectivity index (χ3v) is 3.58. The van der Waals surface area contributed by atoms with Crippen molar-refractivity contribution in [3.63, 3.8) is 0 Å². The maximum Gasteiger partial charge on any atom is 0.406 e. The number of fused-ring (bicyclic) bond motifs is 1. The summed E-state index contributed by atoms with van der Waals surface area (Å²) in [5.41, 5.74) is 0.907. The van der Waals surface area contributed by atoms with Gasteiger partial charge >= 0.3 is 5.82 Å². The standard InChI is InChI=1S/C16H15N3O5/c20-15(10-24-14-6-3-8-17-16(14)19(21)22)18-12-7-9-23-13-5-2-1-4-11(12)13/h1-6,8,12H,7,9-10H2,(H,18,20). The van der Waals surface area contributed by atoms with Crippen LogP contribution in [0.1, 0.15) is 18.0 Å². The van der Waals surface area contributed by atoms with Gasteiger partial charge in [-0.1, -0.05) is 18.2 Å². The summed E-state index contributed by atoms with van der Waals surface area (Å²) in [6.45, 7) is 0.183. The minimum Gasteiger partial charge on any atom is -0.493 e. The molecule has 2 aromatic rings. The molecule has 124 valence electrons. The summed E-state index contributed by atoms with van der Waals surface area (Å²) in [6.07, 6.45) is 1.94. The Morgan fingerprint density at radius 3 is 3.04 bits per heavy atom. The number of carbonyl (C=O) groups excluding carboxylic acids is 1. The van der Waals surface area contributed by atoms with E-state index in [2.05, 4.69) is 10.3 Å². The van der Waals surface area contributed by atoms with Crippen molar-refractivity contribution < 1.29 is 19.2 Å². The van der Waals surface area contributed by atoms with Crippen LogP contribution < -0.4 is 14.8 Å². The molecule has 0 bridgehead atoms. The molecule has 1 unspecified atom stereocenters. The van der Waals surface area contributed by atoms with Crippen LogP contribution in [-0.4, -0.2) is 29.0 Å². The van der Waals surface area contributed by atoms with Gasteiger partial charge in [-0.25, -0.2) is 0 Å². The third kappa shape index (κ3) is 3.43. The summed E-state index contributed by atoms with van der Waals surface area (Å²) in [5.74, 6) is -0.0699. The molecule has 0 spiro atoms. The van der Waals surface area contributed by atoms with Gasteiger partial charge < -0.3 is 24.9 Å². The molecule has 0 saturated heterocycles. The number of nitrogens with zero attached hydrogens (tertiary/aromatic N) is 2. The Labute approximate surface area is 137 Å². The second-order valence-electron chi connectivity index (χ2n) is 5.17. The molecule has 3 rings (SSSR count). The molecule has 1 aromatic heterocycles. The Bertz CT molecular complexity index is 765. The maximum atomic E-state index is 12.1. The Morgan fingerprint density at radius 2 is 2.21 bits per heavy atom. The molecule has 8 heteroatoms. The largest absolute Gasteiger partial charge is 0.493 e. The summed E-state index contributed by atoms with van der Waals surface area (Å²) in [5, 5.41) is 13.7. The van der Waals surface area contributed by atoms with Crippen LogP contribution in [0.25, 0.3) is 0 Å². The SMILES string of the molecule is O=C(COc1cccnc1[N+](=O)[O-])NC1CCOc2ccccc21. The highest BCUT2D eigenvalue weighted by Crippen LogP contribution is 2.31. The molecule has 1 amide bonds. The number of nitrogens with one attached hydrogen (secondary N) is 1. The van der Waals surface area contributed by atoms with E-state index in [1.165, 1.54) is 18.3 Å². The van der Waals surface area contributed by atoms with Crippen molar-refractivity contribution in [2.24, 2.45) is 0 Å². The van der Waals surface area contributed by atoms with Gasteiger partial charge in [0.15, 0.2) is 6.61 Å². The van der Waals surface area contributed by atoms with Crippen molar-refractivity contribution in [2.75, 3.05) is 13.2 Å². The van der Waals surface area contributed by atoms with Crippen LogP contribution in [0, 0.1) is 10.1 Å². The molecule has 0 fully saturated rings. The summed E-state index contributed by atoms with van der Waals surface area (Å²) in [4.78, 5) is 26.0. The van der Waals surface area contributed by atoms with Crippen LogP contribution in [0.15, 0.2) is 42.6 Å². The van der Waals surface area contributed by atoms with Crippen LogP contribution in [0.2, 0.25) is 0 Å². The first-order valence-corrected chi connectivity index (χ1v) is 7.38. The van der Waals surface area contributed by atoms with E-state index in [0.29, 0.717) is 13.0 Å². The predicted octanol–water partition coefficient (Wildman–Crippen LogP) is 2.01. The lowest BCUT2D eigenvalue weighted by molar-refractivity contribution is -0.390. The van der Waals surface area contributed by atoms with E-state index < -0.39 is 10.7 Å². The van der Waals surface area contributed by atoms with Crippen molar-refractivity contribution in [3.8, 4) is 11.5 Å². The van der Waals surface area contributed by atoms with Gasteiger partial charge in [-0.05, 0) is 28.1 Å². The van der Waals surface area contributed by atoms with Crippen LogP contribution in [0.3, 0.4) is 0 Å². The molecular weight excluding hydrogens is 314 g/mol. The number of aromatic nitrogens is 1. The van der Waals surface area contributed by atoms with Gasteiger partial charge in [0, 0.05) is 12.0 Å². The van der Waals surface area contributed by atoms with Gasteiger partial charge in [0.05, 0.1) is 12.6 Å². The van der Waals surface area contributed by atoms with Crippen molar-refractivity contribution in [2.45, 2.75) is 12.5 Å². The Balaban J connectivity index is 1.62. The first kappa shape index (κ1) is 15.7. The zero-order valence-corrected chi connectivity index (χ0v) is 12.7. The molecule has 0 aliphatic carbocycles. The molecule has 2 heterocycles. The number of carbonyl (C=O) groups is 1. The lowest BCUT2D eigenvalue weighted by Gasteiger charge is -2.26. The zero-order chi connectivity index (χ0) is 16.9. The zero-order valence-electron chi connectivity index (χ0n) is 12.7. The van der Waals surface area contributed by atoms with E-state index in [0.717, 1.165) is 11.3 Å². The Kier molecular flexibility index (Phi) is 4.55. The minimum atomic E-state index is -0.651. The van der Waals surface area contributed by atoms with E-state index in [1.54, 1.807) is 0 Å². The number of nitro groups is 1. The number of pyridine rings is 1. The number of amides is 1. The fourth-order valence-electron chi connectivity index (χ4n) is 2.50. The van der Waals surface area contributed by atoms with Crippen LogP contribution in [-0.2, 0) is 4.79 Å². The minimum absolute atomic E-state index is 0.0370. The topological polar surface area (TPSA) is 104 Å². The fourth-order valence-corrected chi connectivity index (χ4v) is 2.50. The van der Waals surface area contributed by atoms with Gasteiger partial charge in [0.1, 0.15) is 11.9 Å². The van der Waals surface area contributed by atoms with Gasteiger partial charge in [0.25, 0.3) is 5.91 Å². The van der Waals surface area contributed by atoms with Crippen molar-refractivity contribution in [1.82, 2.24) is 10.3 Å². The monoisotopic (exact) mass is 329 g/mol. The second-order valence-corrected chi connectivity index (χ2v) is 5.17. The normalized spacial score (nSPS) is 15.8. The number of rotatable bonds is 5. The number of hydrogen-bond donors (Lipinski definition) is 1. The van der Waals surface area contributed by atoms with Crippen molar-refractivity contribution in [1.29, 1.82) is 0 Å². The van der Waals surface area contributed by atoms with E-state index in [1.807, 2.05) is 24.3 Å². The van der Waals surface area contributed by atoms with Crippen LogP contribution in [0.5, 0.6) is 11.5 Å². The highest BCUT2D eigenvalue weighted by molar-refractivity contribution is 5.78. The van der Waals surface area contributed by atoms with E-state index in [4.69, 9.17) is 9.47 Å². The molecule has 0 saturated carbocycles. The summed E-state index contributed by atoms with van der Waals surface area (Å²) in [6, 6.07) is 10.2. The van der Waals surface area contributed by atoms with Crippen LogP contribution >= 0.6 is 0 Å². The average molecular weight is 329 g/mol. The highest BCUT2D eigenvalue weighted by atomic mass is 16.6. The number of benzene rings is 1. The molecular formula is C16H15N3O5. The molecule has 1 aromatic carbocycles. The van der Waals surface area contributed by atoms with Gasteiger partial charge in [-0.2, -0.15) is 0 Å². The smallest absolute Gasteiger partial charge is 0.406 e. The lowest BCUT2D eigenvalue weighted by Crippen LogP contribution is -2.35. The van der Waals surface area contributed by atoms with Gasteiger partial charge in [0.2, 0.25) is 5.75 Å². The molecule has 1 N–H and O–H groups in total. The number of ether oxygens (including phenoxy) is 2. The maximum absolute atomic E-state index is 12.1. The lowest BCUT2D eigenvalue weighted by atomic mass is 10.0. The predicted molar refractivity (Wildman–Crippen MR) is 83.8 cm³/mol. The molecule has 8 nitrogen and oxygen atoms in total. The summed E-state index contributed by atoms with van der Waals surface area (Å²) < 4.78 is 10.8. The van der Waals surface area contributed by atoms with Crippen LogP contribution in [0.4, 0.5) is 5.82 Å². The number of hydrogen-bond acceptors (Lipinski definition) is 6. The second kappa shape index (κ2) is 6.95. The molecule has 1 atom stereocenters. The molecule has 0 radical (unpaired) electrons. The Morgan fingerprint density at radius 1 is 1.38 bits per heavy atom. The van der Waals surface area contributed by atoms with E-state index in [9.17, 15) is 14.9 Å². The molecule has 1 aliphatic rings. The quantitative estimate of drug-likeness (QED) is 0.665. The van der Waals surface area contributed by atoms with Crippen molar-refractivity contribution >= 4 is 11.7 Å². The fraction of sp³-hybridized carbons (Fsp3) is 0.250. The first-order chi connectivity index (χ1) is 11.6.